The Morgan fingerprint density at radius 1 is 0.694 bits per heavy atom. The number of esters is 2. The number of hydrogen-bond donors (Lipinski definition) is 1. The van der Waals surface area contributed by atoms with Crippen molar-refractivity contribution in [3.05, 3.63) is 131 Å². The standard InChI is InChI=1S/C18H18FNO4S.C17H16FNO4S/c1-13-11-15(8-9-17(13)19)20(2)25(22,23)16-6-4-5-14(12-16)7-10-18(21)24-3;1-12-10-14(7-8-16(12)18)19-24(21,22)15-5-3-4-13(11-15)6-9-17(20)23-2/h4-12H,1-3H3;3-11,19H,1-2H3/b10-7+;9-6+. The van der Waals surface area contributed by atoms with E-state index in [1.165, 1.54) is 106 Å². The molecule has 0 bridgehead atoms. The smallest absolute Gasteiger partial charge is 0.330 e. The molecule has 0 heterocycles. The van der Waals surface area contributed by atoms with E-state index in [0.717, 1.165) is 4.31 Å². The van der Waals surface area contributed by atoms with E-state index in [1.807, 2.05) is 0 Å². The first-order chi connectivity index (χ1) is 23.1. The van der Waals surface area contributed by atoms with Gasteiger partial charge < -0.3 is 9.47 Å². The summed E-state index contributed by atoms with van der Waals surface area (Å²) in [6, 6.07) is 20.3. The monoisotopic (exact) mass is 712 g/mol. The molecule has 14 heteroatoms. The number of sulfonamides is 2. The number of nitrogens with zero attached hydrogens (tertiary/aromatic N) is 1. The second-order valence-electron chi connectivity index (χ2n) is 10.3. The molecule has 0 radical (unpaired) electrons. The number of carbonyl (C=O) groups is 2. The zero-order valence-electron chi connectivity index (χ0n) is 27.2. The molecule has 0 amide bonds. The molecule has 4 aromatic rings. The third-order valence-corrected chi connectivity index (χ3v) is 9.99. The number of ether oxygens (including phenoxy) is 2. The molecule has 0 saturated carbocycles. The van der Waals surface area contributed by atoms with Crippen LogP contribution >= 0.6 is 0 Å². The molecule has 0 aromatic heterocycles. The van der Waals surface area contributed by atoms with Crippen LogP contribution in [-0.4, -0.2) is 50.0 Å². The number of anilines is 2. The third kappa shape index (κ3) is 10.6. The van der Waals surface area contributed by atoms with Crippen LogP contribution in [-0.2, 0) is 39.1 Å². The van der Waals surface area contributed by atoms with E-state index in [4.69, 9.17) is 0 Å². The molecule has 0 spiro atoms. The quantitative estimate of drug-likeness (QED) is 0.150. The SMILES string of the molecule is COC(=O)/C=C/c1cccc(S(=O)(=O)N(C)c2ccc(F)c(C)c2)c1.COC(=O)/C=C/c1cccc(S(=O)(=O)Nc2ccc(F)c(C)c2)c1. The van der Waals surface area contributed by atoms with Crippen LogP contribution in [0.1, 0.15) is 22.3 Å². The van der Waals surface area contributed by atoms with Crippen LogP contribution in [0.4, 0.5) is 20.2 Å². The minimum atomic E-state index is -3.83. The Morgan fingerprint density at radius 2 is 1.18 bits per heavy atom. The van der Waals surface area contributed by atoms with E-state index in [-0.39, 0.29) is 15.5 Å². The van der Waals surface area contributed by atoms with Gasteiger partial charge in [-0.15, -0.1) is 0 Å². The minimum Gasteiger partial charge on any atom is -0.466 e. The van der Waals surface area contributed by atoms with Crippen LogP contribution in [0.15, 0.2) is 107 Å². The van der Waals surface area contributed by atoms with E-state index >= 15 is 0 Å². The first-order valence-electron chi connectivity index (χ1n) is 14.3. The lowest BCUT2D eigenvalue weighted by Crippen LogP contribution is -2.26. The summed E-state index contributed by atoms with van der Waals surface area (Å²) in [5.41, 5.74) is 2.38. The summed E-state index contributed by atoms with van der Waals surface area (Å²) in [5.74, 6) is -1.88. The van der Waals surface area contributed by atoms with Gasteiger partial charge in [0.1, 0.15) is 11.6 Å². The molecule has 0 fully saturated rings. The number of aryl methyl sites for hydroxylation is 2. The first kappa shape index (κ1) is 38.1. The van der Waals surface area contributed by atoms with Gasteiger partial charge in [-0.2, -0.15) is 0 Å². The number of benzene rings is 4. The summed E-state index contributed by atoms with van der Waals surface area (Å²) in [6.07, 6.45) is 5.32. The fourth-order valence-corrected chi connectivity index (χ4v) is 6.42. The summed E-state index contributed by atoms with van der Waals surface area (Å²) in [6.45, 7) is 3.11. The van der Waals surface area contributed by atoms with Crippen molar-refractivity contribution >= 4 is 55.5 Å². The molecule has 258 valence electrons. The van der Waals surface area contributed by atoms with Crippen LogP contribution in [0.5, 0.6) is 0 Å². The van der Waals surface area contributed by atoms with Crippen molar-refractivity contribution in [1.29, 1.82) is 0 Å². The highest BCUT2D eigenvalue weighted by atomic mass is 32.2. The van der Waals surface area contributed by atoms with E-state index < -0.39 is 43.6 Å². The van der Waals surface area contributed by atoms with Gasteiger partial charge in [0.05, 0.1) is 29.7 Å². The number of nitrogens with one attached hydrogen (secondary N) is 1. The molecule has 0 unspecified atom stereocenters. The summed E-state index contributed by atoms with van der Waals surface area (Å²) < 4.78 is 89.6. The van der Waals surface area contributed by atoms with Crippen LogP contribution in [0.25, 0.3) is 12.2 Å². The highest BCUT2D eigenvalue weighted by Gasteiger charge is 2.22. The average Bonchev–Trinajstić information content (AvgIpc) is 3.09. The molecule has 0 aliphatic heterocycles. The van der Waals surface area contributed by atoms with Crippen LogP contribution in [0.3, 0.4) is 0 Å². The fourth-order valence-electron chi connectivity index (χ4n) is 4.07. The molecule has 0 atom stereocenters. The van der Waals surface area contributed by atoms with E-state index in [9.17, 15) is 35.2 Å². The predicted octanol–water partition coefficient (Wildman–Crippen LogP) is 6.27. The molecule has 0 saturated heterocycles. The molecule has 10 nitrogen and oxygen atoms in total. The topological polar surface area (TPSA) is 136 Å². The number of hydrogen-bond acceptors (Lipinski definition) is 8. The van der Waals surface area contributed by atoms with E-state index in [0.29, 0.717) is 27.9 Å². The van der Waals surface area contributed by atoms with Crippen molar-refractivity contribution in [2.24, 2.45) is 0 Å². The molecule has 0 aliphatic carbocycles. The number of carbonyl (C=O) groups excluding carboxylic acids is 2. The average molecular weight is 713 g/mol. The van der Waals surface area contributed by atoms with Gasteiger partial charge in [-0.05, 0) is 109 Å². The van der Waals surface area contributed by atoms with Gasteiger partial charge in [0, 0.05) is 24.9 Å². The Bertz CT molecular complexity index is 2120. The highest BCUT2D eigenvalue weighted by molar-refractivity contribution is 7.93. The van der Waals surface area contributed by atoms with Gasteiger partial charge in [-0.25, -0.2) is 35.2 Å². The third-order valence-electron chi connectivity index (χ3n) is 6.83. The van der Waals surface area contributed by atoms with Crippen LogP contribution in [0, 0.1) is 25.5 Å². The van der Waals surface area contributed by atoms with Crippen molar-refractivity contribution in [3.8, 4) is 0 Å². The summed E-state index contributed by atoms with van der Waals surface area (Å²) in [4.78, 5) is 22.3. The van der Waals surface area contributed by atoms with Crippen LogP contribution in [0.2, 0.25) is 0 Å². The Kier molecular flexibility index (Phi) is 13.0. The van der Waals surface area contributed by atoms with Gasteiger partial charge in [0.2, 0.25) is 0 Å². The van der Waals surface area contributed by atoms with Crippen molar-refractivity contribution in [2.45, 2.75) is 23.6 Å². The highest BCUT2D eigenvalue weighted by Crippen LogP contribution is 2.25. The Morgan fingerprint density at radius 3 is 1.69 bits per heavy atom. The van der Waals surface area contributed by atoms with Gasteiger partial charge in [0.15, 0.2) is 0 Å². The summed E-state index contributed by atoms with van der Waals surface area (Å²) in [7, 11) is -3.75. The second kappa shape index (κ2) is 16.7. The summed E-state index contributed by atoms with van der Waals surface area (Å²) in [5, 5.41) is 0. The molecule has 4 rings (SSSR count). The maximum Gasteiger partial charge on any atom is 0.330 e. The molecular weight excluding hydrogens is 679 g/mol. The van der Waals surface area contributed by atoms with Crippen molar-refractivity contribution in [2.75, 3.05) is 30.3 Å². The predicted molar refractivity (Wildman–Crippen MR) is 184 cm³/mol. The normalized spacial score (nSPS) is 11.5. The maximum absolute atomic E-state index is 13.4. The number of rotatable bonds is 10. The molecular formula is C35H34F2N2O8S2. The van der Waals surface area contributed by atoms with Crippen molar-refractivity contribution in [3.63, 3.8) is 0 Å². The Hall–Kier alpha value is -5.34. The number of methoxy groups -OCH3 is 2. The molecule has 49 heavy (non-hydrogen) atoms. The van der Waals surface area contributed by atoms with Crippen molar-refractivity contribution in [1.82, 2.24) is 0 Å². The Labute approximate surface area is 284 Å². The van der Waals surface area contributed by atoms with Gasteiger partial charge in [-0.3, -0.25) is 9.03 Å². The lowest BCUT2D eigenvalue weighted by molar-refractivity contribution is -0.135. The van der Waals surface area contributed by atoms with Gasteiger partial charge in [0.25, 0.3) is 20.0 Å². The fraction of sp³-hybridized carbons (Fsp3) is 0.143. The molecule has 1 N–H and O–H groups in total. The van der Waals surface area contributed by atoms with Gasteiger partial charge >= 0.3 is 11.9 Å². The molecule has 4 aromatic carbocycles. The van der Waals surface area contributed by atoms with Crippen molar-refractivity contribution < 1.29 is 44.7 Å². The molecule has 0 aliphatic rings. The first-order valence-corrected chi connectivity index (χ1v) is 17.3. The summed E-state index contributed by atoms with van der Waals surface area (Å²) >= 11 is 0. The largest absolute Gasteiger partial charge is 0.466 e. The number of halogens is 2. The maximum atomic E-state index is 13.4. The second-order valence-corrected chi connectivity index (χ2v) is 14.0. The minimum absolute atomic E-state index is 0.0245. The lowest BCUT2D eigenvalue weighted by Gasteiger charge is -2.20. The van der Waals surface area contributed by atoms with Crippen LogP contribution < -0.4 is 9.03 Å². The van der Waals surface area contributed by atoms with E-state index in [1.54, 1.807) is 38.1 Å². The Balaban J connectivity index is 0.000000266. The zero-order chi connectivity index (χ0) is 36.4. The lowest BCUT2D eigenvalue weighted by atomic mass is 10.2. The van der Waals surface area contributed by atoms with Gasteiger partial charge in [-0.1, -0.05) is 24.3 Å². The zero-order valence-corrected chi connectivity index (χ0v) is 28.8. The van der Waals surface area contributed by atoms with E-state index in [2.05, 4.69) is 14.2 Å².